The molecule has 0 saturated carbocycles. The highest BCUT2D eigenvalue weighted by Crippen LogP contribution is 2.38. The van der Waals surface area contributed by atoms with Crippen molar-refractivity contribution in [2.45, 2.75) is 26.3 Å². The van der Waals surface area contributed by atoms with Gasteiger partial charge in [-0.25, -0.2) is 0 Å². The quantitative estimate of drug-likeness (QED) is 0.825. The number of hydrogen-bond donors (Lipinski definition) is 2. The molecule has 7 heteroatoms. The van der Waals surface area contributed by atoms with Gasteiger partial charge in [0.2, 0.25) is 0 Å². The van der Waals surface area contributed by atoms with Crippen molar-refractivity contribution >= 4 is 34.2 Å². The number of ether oxygens (including phenoxy) is 2. The minimum atomic E-state index is -0.448. The van der Waals surface area contributed by atoms with Crippen molar-refractivity contribution in [3.8, 4) is 11.5 Å². The van der Waals surface area contributed by atoms with Crippen LogP contribution >= 0.6 is 28.3 Å². The van der Waals surface area contributed by atoms with Crippen molar-refractivity contribution in [1.82, 2.24) is 5.32 Å². The van der Waals surface area contributed by atoms with Crippen LogP contribution in [0, 0.1) is 5.92 Å². The van der Waals surface area contributed by atoms with E-state index in [-0.39, 0.29) is 24.2 Å². The Hall–Kier alpha value is -0.980. The molecule has 0 fully saturated rings. The molecule has 5 nitrogen and oxygen atoms in total. The molecule has 22 heavy (non-hydrogen) atoms. The molecule has 0 bridgehead atoms. The van der Waals surface area contributed by atoms with Crippen LogP contribution in [0.15, 0.2) is 16.6 Å². The van der Waals surface area contributed by atoms with Crippen LogP contribution in [0.25, 0.3) is 0 Å². The highest BCUT2D eigenvalue weighted by molar-refractivity contribution is 9.10. The molecule has 0 aliphatic carbocycles. The Kier molecular flexibility index (Phi) is 6.52. The first kappa shape index (κ1) is 19.1. The van der Waals surface area contributed by atoms with Crippen LogP contribution in [0.2, 0.25) is 0 Å². The summed E-state index contributed by atoms with van der Waals surface area (Å²) in [7, 11) is 0. The molecule has 1 aliphatic heterocycles. The molecule has 0 spiro atoms. The van der Waals surface area contributed by atoms with Crippen LogP contribution in [0.5, 0.6) is 11.5 Å². The molecule has 1 aromatic carbocycles. The summed E-state index contributed by atoms with van der Waals surface area (Å²) in [6.07, 6.45) is 0. The average molecular weight is 394 g/mol. The van der Waals surface area contributed by atoms with Gasteiger partial charge in [0.05, 0.1) is 10.0 Å². The van der Waals surface area contributed by atoms with Gasteiger partial charge in [-0.3, -0.25) is 4.79 Å². The molecule has 1 atom stereocenters. The standard InChI is InChI=1S/C15H21BrN2O3.ClH/c1-9(2)15(3,8-17)18-14(19)10-6-11(16)13-12(7-10)20-4-5-21-13;/h6-7,9H,4-5,8,17H2,1-3H3,(H,18,19);1H. The first-order valence-corrected chi connectivity index (χ1v) is 7.78. The molecule has 1 aromatic rings. The van der Waals surface area contributed by atoms with Crippen molar-refractivity contribution in [3.05, 3.63) is 22.2 Å². The number of nitrogens with two attached hydrogens (primary N) is 1. The van der Waals surface area contributed by atoms with E-state index in [1.165, 1.54) is 0 Å². The maximum atomic E-state index is 12.5. The van der Waals surface area contributed by atoms with E-state index in [0.29, 0.717) is 41.3 Å². The second-order valence-corrected chi connectivity index (χ2v) is 6.57. The molecule has 1 amide bonds. The summed E-state index contributed by atoms with van der Waals surface area (Å²) in [5.41, 5.74) is 5.88. The molecular formula is C15H22BrClN2O3. The third kappa shape index (κ3) is 3.86. The van der Waals surface area contributed by atoms with Gasteiger partial charge in [-0.05, 0) is 40.9 Å². The zero-order chi connectivity index (χ0) is 15.6. The molecule has 0 radical (unpaired) electrons. The smallest absolute Gasteiger partial charge is 0.251 e. The van der Waals surface area contributed by atoms with E-state index >= 15 is 0 Å². The second kappa shape index (κ2) is 7.53. The summed E-state index contributed by atoms with van der Waals surface area (Å²) in [6, 6.07) is 3.44. The SMILES string of the molecule is CC(C)C(C)(CN)NC(=O)c1cc(Br)c2c(c1)OCCO2.Cl. The van der Waals surface area contributed by atoms with Crippen LogP contribution in [-0.2, 0) is 0 Å². The molecule has 2 rings (SSSR count). The van der Waals surface area contributed by atoms with E-state index in [4.69, 9.17) is 15.2 Å². The fourth-order valence-corrected chi connectivity index (χ4v) is 2.56. The topological polar surface area (TPSA) is 73.6 Å². The fraction of sp³-hybridized carbons (Fsp3) is 0.533. The molecule has 1 aliphatic rings. The normalized spacial score (nSPS) is 15.7. The van der Waals surface area contributed by atoms with Crippen molar-refractivity contribution in [3.63, 3.8) is 0 Å². The number of rotatable bonds is 4. The van der Waals surface area contributed by atoms with Crippen molar-refractivity contribution in [2.75, 3.05) is 19.8 Å². The number of carbonyl (C=O) groups excluding carboxylic acids is 1. The number of fused-ring (bicyclic) bond motifs is 1. The number of nitrogens with one attached hydrogen (secondary N) is 1. The molecule has 0 saturated heterocycles. The van der Waals surface area contributed by atoms with Gasteiger partial charge in [0.15, 0.2) is 11.5 Å². The van der Waals surface area contributed by atoms with Crippen LogP contribution in [0.1, 0.15) is 31.1 Å². The summed E-state index contributed by atoms with van der Waals surface area (Å²) in [5, 5.41) is 3.01. The molecular weight excluding hydrogens is 372 g/mol. The lowest BCUT2D eigenvalue weighted by Crippen LogP contribution is -2.55. The van der Waals surface area contributed by atoms with Gasteiger partial charge in [-0.2, -0.15) is 0 Å². The molecule has 3 N–H and O–H groups in total. The molecule has 1 heterocycles. The second-order valence-electron chi connectivity index (χ2n) is 5.71. The fourth-order valence-electron chi connectivity index (χ4n) is 2.00. The summed E-state index contributed by atoms with van der Waals surface area (Å²) in [6.45, 7) is 7.39. The van der Waals surface area contributed by atoms with E-state index in [1.54, 1.807) is 12.1 Å². The van der Waals surface area contributed by atoms with E-state index in [9.17, 15) is 4.79 Å². The zero-order valence-corrected chi connectivity index (χ0v) is 15.3. The number of amides is 1. The first-order chi connectivity index (χ1) is 9.87. The zero-order valence-electron chi connectivity index (χ0n) is 12.9. The summed E-state index contributed by atoms with van der Waals surface area (Å²) in [5.74, 6) is 1.28. The highest BCUT2D eigenvalue weighted by atomic mass is 79.9. The van der Waals surface area contributed by atoms with E-state index < -0.39 is 5.54 Å². The maximum absolute atomic E-state index is 12.5. The summed E-state index contributed by atoms with van der Waals surface area (Å²) in [4.78, 5) is 12.5. The van der Waals surface area contributed by atoms with E-state index in [1.807, 2.05) is 20.8 Å². The number of halogens is 2. The van der Waals surface area contributed by atoms with Gasteiger partial charge in [0.1, 0.15) is 13.2 Å². The van der Waals surface area contributed by atoms with Crippen LogP contribution < -0.4 is 20.5 Å². The number of carbonyl (C=O) groups is 1. The predicted octanol–water partition coefficient (Wildman–Crippen LogP) is 2.75. The molecule has 124 valence electrons. The van der Waals surface area contributed by atoms with Crippen LogP contribution in [0.3, 0.4) is 0 Å². The lowest BCUT2D eigenvalue weighted by atomic mass is 9.88. The minimum Gasteiger partial charge on any atom is -0.486 e. The first-order valence-electron chi connectivity index (χ1n) is 6.99. The Morgan fingerprint density at radius 1 is 1.41 bits per heavy atom. The van der Waals surface area contributed by atoms with Crippen LogP contribution in [-0.4, -0.2) is 31.2 Å². The molecule has 0 aromatic heterocycles. The summed E-state index contributed by atoms with van der Waals surface area (Å²) >= 11 is 3.42. The third-order valence-electron chi connectivity index (χ3n) is 3.96. The van der Waals surface area contributed by atoms with E-state index in [2.05, 4.69) is 21.2 Å². The average Bonchev–Trinajstić information content (AvgIpc) is 2.46. The van der Waals surface area contributed by atoms with Gasteiger partial charge < -0.3 is 20.5 Å². The van der Waals surface area contributed by atoms with Crippen molar-refractivity contribution in [2.24, 2.45) is 11.7 Å². The van der Waals surface area contributed by atoms with Gasteiger partial charge in [-0.15, -0.1) is 12.4 Å². The molecule has 1 unspecified atom stereocenters. The minimum absolute atomic E-state index is 0. The van der Waals surface area contributed by atoms with Gasteiger partial charge in [0.25, 0.3) is 5.91 Å². The lowest BCUT2D eigenvalue weighted by molar-refractivity contribution is 0.0882. The number of benzene rings is 1. The monoisotopic (exact) mass is 392 g/mol. The van der Waals surface area contributed by atoms with Gasteiger partial charge in [0, 0.05) is 12.1 Å². The summed E-state index contributed by atoms with van der Waals surface area (Å²) < 4.78 is 11.8. The van der Waals surface area contributed by atoms with Crippen molar-refractivity contribution < 1.29 is 14.3 Å². The Labute approximate surface area is 145 Å². The largest absolute Gasteiger partial charge is 0.486 e. The third-order valence-corrected chi connectivity index (χ3v) is 4.55. The highest BCUT2D eigenvalue weighted by Gasteiger charge is 2.29. The maximum Gasteiger partial charge on any atom is 0.251 e. The van der Waals surface area contributed by atoms with Gasteiger partial charge >= 0.3 is 0 Å². The van der Waals surface area contributed by atoms with Crippen molar-refractivity contribution in [1.29, 1.82) is 0 Å². The van der Waals surface area contributed by atoms with Gasteiger partial charge in [-0.1, -0.05) is 13.8 Å². The lowest BCUT2D eigenvalue weighted by Gasteiger charge is -2.33. The Bertz CT molecular complexity index is 554. The Morgan fingerprint density at radius 2 is 2.05 bits per heavy atom. The van der Waals surface area contributed by atoms with E-state index in [0.717, 1.165) is 0 Å². The predicted molar refractivity (Wildman–Crippen MR) is 92.1 cm³/mol. The van der Waals surface area contributed by atoms with Crippen LogP contribution in [0.4, 0.5) is 0 Å². The Balaban J connectivity index is 0.00000242. The Morgan fingerprint density at radius 3 is 2.64 bits per heavy atom. The number of hydrogen-bond acceptors (Lipinski definition) is 4.